The third-order valence-corrected chi connectivity index (χ3v) is 3.11. The van der Waals surface area contributed by atoms with E-state index >= 15 is 0 Å². The normalized spacial score (nSPS) is 12.1. The standard InChI is InChI=1S/C14H16N2O5/c1-8-4-11(17)13(19)14(21-8)10(5-12(18)20-3)9-6-15-16(2)7-9/h4,6-7,10,19H,5H2,1-3H3/t10-/m0/s1. The van der Waals surface area contributed by atoms with Crippen molar-refractivity contribution in [1.82, 2.24) is 9.78 Å². The Morgan fingerprint density at radius 1 is 1.57 bits per heavy atom. The number of aromatic nitrogens is 2. The minimum atomic E-state index is -0.640. The van der Waals surface area contributed by atoms with E-state index in [4.69, 9.17) is 4.42 Å². The molecule has 0 amide bonds. The van der Waals surface area contributed by atoms with Gasteiger partial charge in [0, 0.05) is 24.9 Å². The number of nitrogens with zero attached hydrogens (tertiary/aromatic N) is 2. The number of carbonyl (C=O) groups is 1. The lowest BCUT2D eigenvalue weighted by Crippen LogP contribution is -2.13. The van der Waals surface area contributed by atoms with E-state index in [0.717, 1.165) is 0 Å². The Morgan fingerprint density at radius 3 is 2.86 bits per heavy atom. The van der Waals surface area contributed by atoms with Crippen LogP contribution in [0.25, 0.3) is 0 Å². The molecule has 2 aromatic rings. The van der Waals surface area contributed by atoms with Crippen molar-refractivity contribution in [3.8, 4) is 5.75 Å². The van der Waals surface area contributed by atoms with Crippen LogP contribution in [0, 0.1) is 6.92 Å². The van der Waals surface area contributed by atoms with E-state index in [1.54, 1.807) is 31.0 Å². The smallest absolute Gasteiger partial charge is 0.306 e. The molecule has 0 aliphatic heterocycles. The first-order chi connectivity index (χ1) is 9.92. The van der Waals surface area contributed by atoms with Crippen molar-refractivity contribution in [3.63, 3.8) is 0 Å². The minimum absolute atomic E-state index is 0.0402. The second kappa shape index (κ2) is 5.82. The Morgan fingerprint density at radius 2 is 2.29 bits per heavy atom. The molecule has 0 radical (unpaired) electrons. The summed E-state index contributed by atoms with van der Waals surface area (Å²) < 4.78 is 11.7. The molecule has 7 nitrogen and oxygen atoms in total. The summed E-state index contributed by atoms with van der Waals surface area (Å²) in [6.45, 7) is 1.60. The molecule has 2 rings (SSSR count). The number of hydrogen-bond acceptors (Lipinski definition) is 6. The average Bonchev–Trinajstić information content (AvgIpc) is 2.86. The van der Waals surface area contributed by atoms with E-state index in [-0.39, 0.29) is 12.2 Å². The highest BCUT2D eigenvalue weighted by atomic mass is 16.5. The van der Waals surface area contributed by atoms with E-state index in [1.807, 2.05) is 0 Å². The number of hydrogen-bond donors (Lipinski definition) is 1. The largest absolute Gasteiger partial charge is 0.502 e. The maximum absolute atomic E-state index is 11.7. The van der Waals surface area contributed by atoms with Crippen molar-refractivity contribution in [2.24, 2.45) is 7.05 Å². The van der Waals surface area contributed by atoms with E-state index < -0.39 is 23.1 Å². The summed E-state index contributed by atoms with van der Waals surface area (Å²) in [5.74, 6) is -1.23. The van der Waals surface area contributed by atoms with Gasteiger partial charge < -0.3 is 14.3 Å². The lowest BCUT2D eigenvalue weighted by molar-refractivity contribution is -0.140. The zero-order chi connectivity index (χ0) is 15.6. The van der Waals surface area contributed by atoms with Crippen molar-refractivity contribution in [2.75, 3.05) is 7.11 Å². The van der Waals surface area contributed by atoms with Gasteiger partial charge in [-0.15, -0.1) is 0 Å². The molecule has 1 N–H and O–H groups in total. The predicted octanol–water partition coefficient (Wildman–Crippen LogP) is 1.08. The van der Waals surface area contributed by atoms with Crippen LogP contribution in [0.1, 0.15) is 29.4 Å². The first kappa shape index (κ1) is 14.8. The molecule has 2 heterocycles. The van der Waals surface area contributed by atoms with Crippen LogP contribution in [-0.4, -0.2) is 28.0 Å². The van der Waals surface area contributed by atoms with Crippen LogP contribution in [0.2, 0.25) is 0 Å². The SMILES string of the molecule is COC(=O)C[C@@H](c1cnn(C)c1)c1oc(C)cc(=O)c1O. The van der Waals surface area contributed by atoms with Gasteiger partial charge in [0.15, 0.2) is 5.76 Å². The number of ether oxygens (including phenoxy) is 1. The van der Waals surface area contributed by atoms with Crippen LogP contribution in [0.4, 0.5) is 0 Å². The van der Waals surface area contributed by atoms with Crippen molar-refractivity contribution in [2.45, 2.75) is 19.3 Å². The number of carbonyl (C=O) groups excluding carboxylic acids is 1. The van der Waals surface area contributed by atoms with Gasteiger partial charge in [-0.25, -0.2) is 0 Å². The second-order valence-electron chi connectivity index (χ2n) is 4.71. The van der Waals surface area contributed by atoms with Crippen molar-refractivity contribution < 1.29 is 19.1 Å². The minimum Gasteiger partial charge on any atom is -0.502 e. The highest BCUT2D eigenvalue weighted by Gasteiger charge is 2.27. The topological polar surface area (TPSA) is 94.6 Å². The molecule has 0 aliphatic carbocycles. The number of aromatic hydroxyl groups is 1. The third kappa shape index (κ3) is 3.13. The van der Waals surface area contributed by atoms with Crippen LogP contribution < -0.4 is 5.43 Å². The molecule has 21 heavy (non-hydrogen) atoms. The molecule has 0 saturated heterocycles. The van der Waals surface area contributed by atoms with Gasteiger partial charge >= 0.3 is 5.97 Å². The first-order valence-electron chi connectivity index (χ1n) is 6.31. The highest BCUT2D eigenvalue weighted by molar-refractivity contribution is 5.71. The third-order valence-electron chi connectivity index (χ3n) is 3.11. The van der Waals surface area contributed by atoms with Crippen molar-refractivity contribution >= 4 is 5.97 Å². The summed E-state index contributed by atoms with van der Waals surface area (Å²) in [5, 5.41) is 14.0. The van der Waals surface area contributed by atoms with Crippen LogP contribution in [-0.2, 0) is 16.6 Å². The molecule has 0 fully saturated rings. The monoisotopic (exact) mass is 292 g/mol. The Hall–Kier alpha value is -2.57. The Labute approximate surface area is 120 Å². The molecule has 0 bridgehead atoms. The van der Waals surface area contributed by atoms with Gasteiger partial charge in [0.2, 0.25) is 11.2 Å². The number of rotatable bonds is 4. The second-order valence-corrected chi connectivity index (χ2v) is 4.71. The van der Waals surface area contributed by atoms with Gasteiger partial charge in [0.25, 0.3) is 0 Å². The molecular formula is C14H16N2O5. The number of aryl methyl sites for hydroxylation is 2. The molecular weight excluding hydrogens is 276 g/mol. The zero-order valence-corrected chi connectivity index (χ0v) is 12.0. The Balaban J connectivity index is 2.54. The van der Waals surface area contributed by atoms with Crippen LogP contribution in [0.15, 0.2) is 27.7 Å². The van der Waals surface area contributed by atoms with Gasteiger partial charge in [-0.05, 0) is 6.92 Å². The summed E-state index contributed by atoms with van der Waals surface area (Å²) in [7, 11) is 3.00. The zero-order valence-electron chi connectivity index (χ0n) is 12.0. The van der Waals surface area contributed by atoms with E-state index in [0.29, 0.717) is 11.3 Å². The maximum Gasteiger partial charge on any atom is 0.306 e. The maximum atomic E-state index is 11.7. The summed E-state index contributed by atoms with van der Waals surface area (Å²) in [4.78, 5) is 23.3. The molecule has 2 aromatic heterocycles. The van der Waals surface area contributed by atoms with Crippen molar-refractivity contribution in [3.05, 3.63) is 45.8 Å². The van der Waals surface area contributed by atoms with E-state index in [2.05, 4.69) is 9.84 Å². The fourth-order valence-electron chi connectivity index (χ4n) is 2.09. The Bertz CT molecular complexity index is 716. The van der Waals surface area contributed by atoms with Crippen LogP contribution in [0.3, 0.4) is 0 Å². The Kier molecular flexibility index (Phi) is 4.11. The molecule has 0 aliphatic rings. The van der Waals surface area contributed by atoms with Gasteiger partial charge in [-0.2, -0.15) is 5.10 Å². The fraction of sp³-hybridized carbons (Fsp3) is 0.357. The van der Waals surface area contributed by atoms with Crippen LogP contribution in [0.5, 0.6) is 5.75 Å². The summed E-state index contributed by atoms with van der Waals surface area (Å²) in [5.41, 5.74) is 0.0967. The average molecular weight is 292 g/mol. The first-order valence-corrected chi connectivity index (χ1v) is 6.31. The lowest BCUT2D eigenvalue weighted by atomic mass is 9.95. The molecule has 112 valence electrons. The number of methoxy groups -OCH3 is 1. The quantitative estimate of drug-likeness (QED) is 0.847. The molecule has 7 heteroatoms. The number of esters is 1. The summed E-state index contributed by atoms with van der Waals surface area (Å²) in [6.07, 6.45) is 3.17. The predicted molar refractivity (Wildman–Crippen MR) is 73.1 cm³/mol. The molecule has 0 spiro atoms. The van der Waals surface area contributed by atoms with Gasteiger partial charge in [-0.1, -0.05) is 0 Å². The van der Waals surface area contributed by atoms with E-state index in [1.165, 1.54) is 13.2 Å². The molecule has 0 unspecified atom stereocenters. The van der Waals surface area contributed by atoms with Gasteiger partial charge in [0.1, 0.15) is 5.76 Å². The van der Waals surface area contributed by atoms with Gasteiger partial charge in [0.05, 0.1) is 25.6 Å². The summed E-state index contributed by atoms with van der Waals surface area (Å²) >= 11 is 0. The lowest BCUT2D eigenvalue weighted by Gasteiger charge is -2.14. The fourth-order valence-corrected chi connectivity index (χ4v) is 2.09. The highest BCUT2D eigenvalue weighted by Crippen LogP contribution is 2.32. The molecule has 1 atom stereocenters. The molecule has 0 aromatic carbocycles. The summed E-state index contributed by atoms with van der Waals surface area (Å²) in [6, 6.07) is 1.19. The van der Waals surface area contributed by atoms with Crippen LogP contribution >= 0.6 is 0 Å². The van der Waals surface area contributed by atoms with E-state index in [9.17, 15) is 14.7 Å². The van der Waals surface area contributed by atoms with Crippen molar-refractivity contribution in [1.29, 1.82) is 0 Å². The molecule has 0 saturated carbocycles. The van der Waals surface area contributed by atoms with Gasteiger partial charge in [-0.3, -0.25) is 14.3 Å².